The molecular weight excluding hydrogens is 222 g/mol. The van der Waals surface area contributed by atoms with Crippen LogP contribution in [-0.4, -0.2) is 19.3 Å². The summed E-state index contributed by atoms with van der Waals surface area (Å²) in [6.07, 6.45) is 7.83. The molecular formula is C16H25NO. The van der Waals surface area contributed by atoms with E-state index in [-0.39, 0.29) is 0 Å². The fraction of sp³-hybridized carbons (Fsp3) is 0.625. The first-order chi connectivity index (χ1) is 8.88. The van der Waals surface area contributed by atoms with Crippen LogP contribution in [0.3, 0.4) is 0 Å². The maximum atomic E-state index is 5.61. The lowest BCUT2D eigenvalue weighted by Crippen LogP contribution is -2.12. The predicted octanol–water partition coefficient (Wildman–Crippen LogP) is 4.01. The quantitative estimate of drug-likeness (QED) is 0.786. The zero-order valence-electron chi connectivity index (χ0n) is 11.5. The van der Waals surface area contributed by atoms with E-state index in [2.05, 4.69) is 36.5 Å². The van der Waals surface area contributed by atoms with Gasteiger partial charge in [0.15, 0.2) is 0 Å². The highest BCUT2D eigenvalue weighted by Crippen LogP contribution is 2.16. The molecule has 2 rings (SSSR count). The Labute approximate surface area is 111 Å². The molecule has 18 heavy (non-hydrogen) atoms. The van der Waals surface area contributed by atoms with Crippen molar-refractivity contribution in [2.24, 2.45) is 0 Å². The second-order valence-electron chi connectivity index (χ2n) is 5.15. The van der Waals surface area contributed by atoms with Crippen LogP contribution in [0.5, 0.6) is 0 Å². The number of ether oxygens (including phenoxy) is 1. The molecule has 1 aliphatic heterocycles. The standard InChI is InChI=1S/C16H25NO/c1-2-3-5-14-7-9-15(10-8-14)17-12-11-16-6-4-13-18-16/h7-10,16-17H,2-6,11-13H2,1H3. The van der Waals surface area contributed by atoms with Crippen molar-refractivity contribution in [3.05, 3.63) is 29.8 Å². The van der Waals surface area contributed by atoms with E-state index in [1.807, 2.05) is 0 Å². The molecule has 1 heterocycles. The fourth-order valence-electron chi connectivity index (χ4n) is 2.42. The van der Waals surface area contributed by atoms with Crippen molar-refractivity contribution in [1.29, 1.82) is 0 Å². The maximum Gasteiger partial charge on any atom is 0.0592 e. The minimum Gasteiger partial charge on any atom is -0.385 e. The lowest BCUT2D eigenvalue weighted by molar-refractivity contribution is 0.107. The van der Waals surface area contributed by atoms with Gasteiger partial charge in [-0.2, -0.15) is 0 Å². The molecule has 1 aromatic rings. The van der Waals surface area contributed by atoms with Gasteiger partial charge in [-0.3, -0.25) is 0 Å². The summed E-state index contributed by atoms with van der Waals surface area (Å²) in [6, 6.07) is 8.87. The largest absolute Gasteiger partial charge is 0.385 e. The van der Waals surface area contributed by atoms with Gasteiger partial charge in [-0.25, -0.2) is 0 Å². The number of nitrogens with one attached hydrogen (secondary N) is 1. The molecule has 1 N–H and O–H groups in total. The molecule has 1 unspecified atom stereocenters. The first-order valence-electron chi connectivity index (χ1n) is 7.33. The average Bonchev–Trinajstić information content (AvgIpc) is 2.91. The van der Waals surface area contributed by atoms with Gasteiger partial charge in [0.05, 0.1) is 6.10 Å². The third-order valence-electron chi connectivity index (χ3n) is 3.59. The van der Waals surface area contributed by atoms with Crippen LogP contribution in [0.25, 0.3) is 0 Å². The first-order valence-corrected chi connectivity index (χ1v) is 7.33. The summed E-state index contributed by atoms with van der Waals surface area (Å²) in [4.78, 5) is 0. The van der Waals surface area contributed by atoms with Crippen molar-refractivity contribution >= 4 is 5.69 Å². The zero-order valence-corrected chi connectivity index (χ0v) is 11.5. The van der Waals surface area contributed by atoms with Crippen LogP contribution < -0.4 is 5.32 Å². The third kappa shape index (κ3) is 4.34. The Morgan fingerprint density at radius 1 is 1.28 bits per heavy atom. The highest BCUT2D eigenvalue weighted by atomic mass is 16.5. The summed E-state index contributed by atoms with van der Waals surface area (Å²) in [7, 11) is 0. The summed E-state index contributed by atoms with van der Waals surface area (Å²) < 4.78 is 5.61. The topological polar surface area (TPSA) is 21.3 Å². The number of benzene rings is 1. The van der Waals surface area contributed by atoms with Crippen molar-refractivity contribution < 1.29 is 4.74 Å². The minimum atomic E-state index is 0.487. The molecule has 0 aliphatic carbocycles. The van der Waals surface area contributed by atoms with Crippen LogP contribution in [-0.2, 0) is 11.2 Å². The van der Waals surface area contributed by atoms with E-state index in [1.165, 1.54) is 43.4 Å². The van der Waals surface area contributed by atoms with Crippen molar-refractivity contribution in [2.45, 2.75) is 51.6 Å². The Kier molecular flexibility index (Phi) is 5.53. The van der Waals surface area contributed by atoms with E-state index in [0.29, 0.717) is 6.10 Å². The van der Waals surface area contributed by atoms with Crippen molar-refractivity contribution in [3.8, 4) is 0 Å². The van der Waals surface area contributed by atoms with Crippen LogP contribution in [0.15, 0.2) is 24.3 Å². The Morgan fingerprint density at radius 3 is 2.78 bits per heavy atom. The first kappa shape index (κ1) is 13.4. The third-order valence-corrected chi connectivity index (χ3v) is 3.59. The van der Waals surface area contributed by atoms with Crippen LogP contribution in [0.1, 0.15) is 44.6 Å². The van der Waals surface area contributed by atoms with Gasteiger partial charge in [0, 0.05) is 18.8 Å². The van der Waals surface area contributed by atoms with Crippen molar-refractivity contribution in [3.63, 3.8) is 0 Å². The fourth-order valence-corrected chi connectivity index (χ4v) is 2.42. The smallest absolute Gasteiger partial charge is 0.0592 e. The Balaban J connectivity index is 1.68. The molecule has 1 atom stereocenters. The molecule has 2 heteroatoms. The molecule has 100 valence electrons. The highest BCUT2D eigenvalue weighted by Gasteiger charge is 2.14. The molecule has 0 radical (unpaired) electrons. The zero-order chi connectivity index (χ0) is 12.6. The Morgan fingerprint density at radius 2 is 2.11 bits per heavy atom. The molecule has 0 saturated carbocycles. The Bertz CT molecular complexity index is 327. The van der Waals surface area contributed by atoms with Crippen LogP contribution in [0, 0.1) is 0 Å². The van der Waals surface area contributed by atoms with Crippen LogP contribution in [0.2, 0.25) is 0 Å². The number of unbranched alkanes of at least 4 members (excludes halogenated alkanes) is 1. The highest BCUT2D eigenvalue weighted by molar-refractivity contribution is 5.44. The van der Waals surface area contributed by atoms with E-state index < -0.39 is 0 Å². The second-order valence-corrected chi connectivity index (χ2v) is 5.15. The monoisotopic (exact) mass is 247 g/mol. The summed E-state index contributed by atoms with van der Waals surface area (Å²) in [6.45, 7) is 4.21. The lowest BCUT2D eigenvalue weighted by atomic mass is 10.1. The molecule has 0 aromatic heterocycles. The van der Waals surface area contributed by atoms with E-state index in [9.17, 15) is 0 Å². The van der Waals surface area contributed by atoms with Gasteiger partial charge in [0.2, 0.25) is 0 Å². The Hall–Kier alpha value is -1.02. The summed E-state index contributed by atoms with van der Waals surface area (Å²) in [5, 5.41) is 3.47. The molecule has 1 aromatic carbocycles. The number of aryl methyl sites for hydroxylation is 1. The normalized spacial score (nSPS) is 19.1. The number of anilines is 1. The maximum absolute atomic E-state index is 5.61. The van der Waals surface area contributed by atoms with E-state index in [1.54, 1.807) is 0 Å². The molecule has 1 aliphatic rings. The van der Waals surface area contributed by atoms with Crippen LogP contribution >= 0.6 is 0 Å². The van der Waals surface area contributed by atoms with E-state index >= 15 is 0 Å². The van der Waals surface area contributed by atoms with Gasteiger partial charge in [-0.1, -0.05) is 25.5 Å². The minimum absolute atomic E-state index is 0.487. The van der Waals surface area contributed by atoms with Crippen molar-refractivity contribution in [2.75, 3.05) is 18.5 Å². The van der Waals surface area contributed by atoms with Crippen LogP contribution in [0.4, 0.5) is 5.69 Å². The summed E-state index contributed by atoms with van der Waals surface area (Å²) in [5.41, 5.74) is 2.68. The van der Waals surface area contributed by atoms with Gasteiger partial charge in [0.1, 0.15) is 0 Å². The molecule has 2 nitrogen and oxygen atoms in total. The van der Waals surface area contributed by atoms with Gasteiger partial charge in [-0.15, -0.1) is 0 Å². The summed E-state index contributed by atoms with van der Waals surface area (Å²) in [5.74, 6) is 0. The molecule has 1 saturated heterocycles. The predicted molar refractivity (Wildman–Crippen MR) is 77.1 cm³/mol. The number of rotatable bonds is 7. The number of hydrogen-bond acceptors (Lipinski definition) is 2. The van der Waals surface area contributed by atoms with Gasteiger partial charge in [0.25, 0.3) is 0 Å². The van der Waals surface area contributed by atoms with E-state index in [4.69, 9.17) is 4.74 Å². The average molecular weight is 247 g/mol. The molecule has 0 spiro atoms. The number of hydrogen-bond donors (Lipinski definition) is 1. The van der Waals surface area contributed by atoms with Gasteiger partial charge in [-0.05, 0) is 49.8 Å². The molecule has 1 fully saturated rings. The SMILES string of the molecule is CCCCc1ccc(NCCC2CCCO2)cc1. The van der Waals surface area contributed by atoms with E-state index in [0.717, 1.165) is 19.6 Å². The van der Waals surface area contributed by atoms with Gasteiger partial charge >= 0.3 is 0 Å². The second kappa shape index (κ2) is 7.42. The molecule has 0 amide bonds. The van der Waals surface area contributed by atoms with Crippen molar-refractivity contribution in [1.82, 2.24) is 0 Å². The molecule has 0 bridgehead atoms. The van der Waals surface area contributed by atoms with Gasteiger partial charge < -0.3 is 10.1 Å². The summed E-state index contributed by atoms with van der Waals surface area (Å²) >= 11 is 0. The lowest BCUT2D eigenvalue weighted by Gasteiger charge is -2.11.